The van der Waals surface area contributed by atoms with Crippen LogP contribution < -0.4 is 0 Å². The Bertz CT molecular complexity index is 1090. The molecule has 0 radical (unpaired) electrons. The second kappa shape index (κ2) is 5.74. The standard InChI is InChI=1S/C24H21NO3/c1-24(2)11-17-20(18(27)12-24)19(13-7-9-14(26)10-8-13)21-22(25-17)15-5-3-4-6-16(15)23(21)28/h3-10,19-20,26H,11-12H2,1-2H3/t19-,20?/m0/s1. The third-order valence-electron chi connectivity index (χ3n) is 6.10. The van der Waals surface area contributed by atoms with Gasteiger partial charge in [-0.3, -0.25) is 14.6 Å². The van der Waals surface area contributed by atoms with E-state index in [-0.39, 0.29) is 28.6 Å². The fourth-order valence-electron chi connectivity index (χ4n) is 4.96. The van der Waals surface area contributed by atoms with Crippen LogP contribution in [0.5, 0.6) is 5.75 Å². The van der Waals surface area contributed by atoms with E-state index in [1.165, 1.54) is 0 Å². The van der Waals surface area contributed by atoms with Gasteiger partial charge in [0.25, 0.3) is 0 Å². The molecule has 0 aromatic heterocycles. The average Bonchev–Trinajstić information content (AvgIpc) is 2.93. The summed E-state index contributed by atoms with van der Waals surface area (Å²) in [5, 5.41) is 9.72. The topological polar surface area (TPSA) is 66.7 Å². The Morgan fingerprint density at radius 2 is 1.61 bits per heavy atom. The summed E-state index contributed by atoms with van der Waals surface area (Å²) in [6.45, 7) is 4.19. The number of benzene rings is 2. The van der Waals surface area contributed by atoms with Crippen molar-refractivity contribution in [3.8, 4) is 5.75 Å². The van der Waals surface area contributed by atoms with Crippen LogP contribution in [0.1, 0.15) is 54.1 Å². The molecule has 1 unspecified atom stereocenters. The second-order valence-corrected chi connectivity index (χ2v) is 8.77. The molecule has 1 aliphatic heterocycles. The zero-order valence-corrected chi connectivity index (χ0v) is 15.9. The molecule has 4 nitrogen and oxygen atoms in total. The van der Waals surface area contributed by atoms with E-state index in [0.717, 1.165) is 29.0 Å². The number of phenolic OH excluding ortho intramolecular Hbond substituents is 1. The lowest BCUT2D eigenvalue weighted by Crippen LogP contribution is -2.43. The number of nitrogens with zero attached hydrogens (tertiary/aromatic N) is 1. The Hall–Kier alpha value is -3.01. The van der Waals surface area contributed by atoms with E-state index < -0.39 is 5.92 Å². The molecule has 28 heavy (non-hydrogen) atoms. The van der Waals surface area contributed by atoms with Crippen molar-refractivity contribution in [2.75, 3.05) is 0 Å². The molecule has 0 saturated heterocycles. The largest absolute Gasteiger partial charge is 0.508 e. The summed E-state index contributed by atoms with van der Waals surface area (Å²) in [4.78, 5) is 31.4. The third-order valence-corrected chi connectivity index (χ3v) is 6.10. The number of aliphatic imine (C=N–C) groups is 1. The minimum atomic E-state index is -0.408. The monoisotopic (exact) mass is 371 g/mol. The van der Waals surface area contributed by atoms with Crippen molar-refractivity contribution in [3.05, 3.63) is 70.8 Å². The van der Waals surface area contributed by atoms with E-state index >= 15 is 0 Å². The van der Waals surface area contributed by atoms with Crippen molar-refractivity contribution in [1.29, 1.82) is 0 Å². The molecule has 5 rings (SSSR count). The van der Waals surface area contributed by atoms with Crippen LogP contribution in [0.4, 0.5) is 0 Å². The maximum absolute atomic E-state index is 13.3. The number of ketones is 2. The molecule has 1 saturated carbocycles. The molecule has 4 heteroatoms. The molecule has 1 N–H and O–H groups in total. The first kappa shape index (κ1) is 17.1. The summed E-state index contributed by atoms with van der Waals surface area (Å²) in [6, 6.07) is 14.4. The van der Waals surface area contributed by atoms with Gasteiger partial charge in [-0.15, -0.1) is 0 Å². The highest BCUT2D eigenvalue weighted by Crippen LogP contribution is 2.52. The highest BCUT2D eigenvalue weighted by molar-refractivity contribution is 6.25. The molecule has 140 valence electrons. The quantitative estimate of drug-likeness (QED) is 0.800. The molecule has 1 heterocycles. The second-order valence-electron chi connectivity index (χ2n) is 8.77. The van der Waals surface area contributed by atoms with Crippen LogP contribution >= 0.6 is 0 Å². The van der Waals surface area contributed by atoms with Crippen LogP contribution in [0.3, 0.4) is 0 Å². The molecule has 0 bridgehead atoms. The minimum absolute atomic E-state index is 0.0379. The van der Waals surface area contributed by atoms with Crippen molar-refractivity contribution in [1.82, 2.24) is 0 Å². The lowest BCUT2D eigenvalue weighted by Gasteiger charge is -2.40. The maximum atomic E-state index is 13.3. The summed E-state index contributed by atoms with van der Waals surface area (Å²) >= 11 is 0. The number of carbonyl (C=O) groups excluding carboxylic acids is 2. The first-order valence-corrected chi connectivity index (χ1v) is 9.63. The first-order valence-electron chi connectivity index (χ1n) is 9.63. The van der Waals surface area contributed by atoms with Gasteiger partial charge in [-0.05, 0) is 29.5 Å². The lowest BCUT2D eigenvalue weighted by atomic mass is 9.63. The fourth-order valence-corrected chi connectivity index (χ4v) is 4.96. The number of Topliss-reactive ketones (excluding diaryl/α,β-unsaturated/α-hetero) is 2. The molecule has 2 aromatic carbocycles. The molecule has 0 spiro atoms. The molecule has 0 amide bonds. The zero-order chi connectivity index (χ0) is 19.6. The lowest BCUT2D eigenvalue weighted by molar-refractivity contribution is -0.124. The van der Waals surface area contributed by atoms with Gasteiger partial charge in [0.05, 0.1) is 11.6 Å². The van der Waals surface area contributed by atoms with E-state index in [4.69, 9.17) is 4.99 Å². The van der Waals surface area contributed by atoms with Crippen LogP contribution in [0.25, 0.3) is 5.70 Å². The first-order chi connectivity index (χ1) is 13.4. The van der Waals surface area contributed by atoms with Crippen molar-refractivity contribution in [2.24, 2.45) is 16.3 Å². The Labute approximate surface area is 163 Å². The average molecular weight is 371 g/mol. The molecule has 1 fully saturated rings. The highest BCUT2D eigenvalue weighted by atomic mass is 16.3. The normalized spacial score (nSPS) is 25.1. The van der Waals surface area contributed by atoms with Crippen LogP contribution in [-0.4, -0.2) is 22.4 Å². The molecule has 2 atom stereocenters. The molecular weight excluding hydrogens is 350 g/mol. The van der Waals surface area contributed by atoms with Gasteiger partial charge in [-0.2, -0.15) is 0 Å². The predicted octanol–water partition coefficient (Wildman–Crippen LogP) is 4.54. The Morgan fingerprint density at radius 1 is 0.929 bits per heavy atom. The number of aromatic hydroxyl groups is 1. The van der Waals surface area contributed by atoms with Gasteiger partial charge >= 0.3 is 0 Å². The smallest absolute Gasteiger partial charge is 0.192 e. The third kappa shape index (κ3) is 2.40. The van der Waals surface area contributed by atoms with Crippen LogP contribution in [-0.2, 0) is 4.79 Å². The van der Waals surface area contributed by atoms with Gasteiger partial charge in [0.1, 0.15) is 11.5 Å². The van der Waals surface area contributed by atoms with E-state index in [1.807, 2.05) is 36.4 Å². The Kier molecular flexibility index (Phi) is 3.51. The fraction of sp³-hybridized carbons (Fsp3) is 0.292. The summed E-state index contributed by atoms with van der Waals surface area (Å²) < 4.78 is 0. The Balaban J connectivity index is 1.75. The Morgan fingerprint density at radius 3 is 2.32 bits per heavy atom. The summed E-state index contributed by atoms with van der Waals surface area (Å²) in [5.41, 5.74) is 4.47. The zero-order valence-electron chi connectivity index (χ0n) is 15.9. The number of allylic oxidation sites excluding steroid dienone is 1. The van der Waals surface area contributed by atoms with Gasteiger partial charge in [0.15, 0.2) is 5.78 Å². The summed E-state index contributed by atoms with van der Waals surface area (Å²) in [6.07, 6.45) is 1.22. The van der Waals surface area contributed by atoms with Crippen molar-refractivity contribution < 1.29 is 14.7 Å². The molecule has 3 aliphatic rings. The molecule has 2 aliphatic carbocycles. The number of hydrogen-bond acceptors (Lipinski definition) is 4. The maximum Gasteiger partial charge on any atom is 0.192 e. The van der Waals surface area contributed by atoms with Gasteiger partial charge in [-0.1, -0.05) is 50.2 Å². The number of rotatable bonds is 1. The van der Waals surface area contributed by atoms with E-state index in [9.17, 15) is 14.7 Å². The van der Waals surface area contributed by atoms with Gasteiger partial charge in [0.2, 0.25) is 0 Å². The highest BCUT2D eigenvalue weighted by Gasteiger charge is 2.49. The van der Waals surface area contributed by atoms with Crippen LogP contribution in [0, 0.1) is 11.3 Å². The van der Waals surface area contributed by atoms with Crippen LogP contribution in [0.15, 0.2) is 59.1 Å². The van der Waals surface area contributed by atoms with Gasteiger partial charge in [-0.25, -0.2) is 0 Å². The van der Waals surface area contributed by atoms with Gasteiger partial charge < -0.3 is 5.11 Å². The van der Waals surface area contributed by atoms with Gasteiger partial charge in [0, 0.05) is 34.8 Å². The number of hydrogen-bond donors (Lipinski definition) is 1. The number of fused-ring (bicyclic) bond motifs is 3. The predicted molar refractivity (Wildman–Crippen MR) is 107 cm³/mol. The van der Waals surface area contributed by atoms with Crippen LogP contribution in [0.2, 0.25) is 0 Å². The summed E-state index contributed by atoms with van der Waals surface area (Å²) in [5.74, 6) is -0.492. The molecular formula is C24H21NO3. The minimum Gasteiger partial charge on any atom is -0.508 e. The van der Waals surface area contributed by atoms with Crippen molar-refractivity contribution >= 4 is 23.0 Å². The number of carbonyl (C=O) groups is 2. The SMILES string of the molecule is CC1(C)CC(=O)C2C(=NC3=C(C(=O)c4ccccc43)[C@H]2c2ccc(O)cc2)C1. The summed E-state index contributed by atoms with van der Waals surface area (Å²) in [7, 11) is 0. The molecule has 2 aromatic rings. The van der Waals surface area contributed by atoms with Crippen molar-refractivity contribution in [3.63, 3.8) is 0 Å². The number of phenols is 1. The van der Waals surface area contributed by atoms with E-state index in [0.29, 0.717) is 17.6 Å². The van der Waals surface area contributed by atoms with E-state index in [1.54, 1.807) is 12.1 Å². The van der Waals surface area contributed by atoms with E-state index in [2.05, 4.69) is 13.8 Å². The van der Waals surface area contributed by atoms with Crippen molar-refractivity contribution in [2.45, 2.75) is 32.6 Å².